The van der Waals surface area contributed by atoms with Gasteiger partial charge < -0.3 is 14.8 Å². The van der Waals surface area contributed by atoms with E-state index in [2.05, 4.69) is 5.32 Å². The highest BCUT2D eigenvalue weighted by molar-refractivity contribution is 7.89. The number of amides is 1. The summed E-state index contributed by atoms with van der Waals surface area (Å²) < 4.78 is 37.9. The molecule has 0 bridgehead atoms. The highest BCUT2D eigenvalue weighted by atomic mass is 35.5. The van der Waals surface area contributed by atoms with E-state index >= 15 is 0 Å². The molecule has 1 amide bonds. The second kappa shape index (κ2) is 9.89. The van der Waals surface area contributed by atoms with Gasteiger partial charge in [0.05, 0.1) is 30.7 Å². The number of hydrogen-bond donors (Lipinski definition) is 1. The molecule has 1 heterocycles. The highest BCUT2D eigenvalue weighted by Gasteiger charge is 2.26. The predicted octanol–water partition coefficient (Wildman–Crippen LogP) is 3.64. The average molecular weight is 467 g/mol. The van der Waals surface area contributed by atoms with Gasteiger partial charge >= 0.3 is 0 Å². The molecule has 0 saturated carbocycles. The summed E-state index contributed by atoms with van der Waals surface area (Å²) in [6.07, 6.45) is 0.808. The van der Waals surface area contributed by atoms with Crippen LogP contribution in [0.25, 0.3) is 0 Å². The Balaban J connectivity index is 1.72. The largest absolute Gasteiger partial charge is 0.490 e. The molecule has 9 heteroatoms. The minimum atomic E-state index is -3.81. The topological polar surface area (TPSA) is 84.9 Å². The van der Waals surface area contributed by atoms with Crippen molar-refractivity contribution < 1.29 is 22.7 Å². The van der Waals surface area contributed by atoms with E-state index < -0.39 is 15.9 Å². The van der Waals surface area contributed by atoms with Crippen LogP contribution in [0.1, 0.15) is 31.9 Å². The van der Waals surface area contributed by atoms with Crippen molar-refractivity contribution in [2.24, 2.45) is 5.92 Å². The van der Waals surface area contributed by atoms with E-state index in [0.29, 0.717) is 29.7 Å². The third-order valence-electron chi connectivity index (χ3n) is 5.00. The van der Waals surface area contributed by atoms with Gasteiger partial charge in [-0.3, -0.25) is 4.79 Å². The number of sulfonamides is 1. The average Bonchev–Trinajstić information content (AvgIpc) is 2.97. The lowest BCUT2D eigenvalue weighted by Gasteiger charge is -2.25. The highest BCUT2D eigenvalue weighted by Crippen LogP contribution is 2.34. The molecule has 1 N–H and O–H groups in total. The second-order valence-electron chi connectivity index (χ2n) is 7.76. The monoisotopic (exact) mass is 466 g/mol. The third-order valence-corrected chi connectivity index (χ3v) is 7.07. The molecule has 0 aromatic heterocycles. The summed E-state index contributed by atoms with van der Waals surface area (Å²) in [7, 11) is -2.43. The van der Waals surface area contributed by atoms with Gasteiger partial charge in [0.1, 0.15) is 0 Å². The molecule has 0 fully saturated rings. The molecule has 31 heavy (non-hydrogen) atoms. The smallest absolute Gasteiger partial charge is 0.243 e. The van der Waals surface area contributed by atoms with Crippen molar-refractivity contribution >= 4 is 27.5 Å². The van der Waals surface area contributed by atoms with Crippen LogP contribution in [0.5, 0.6) is 11.5 Å². The van der Waals surface area contributed by atoms with E-state index in [1.807, 2.05) is 32.0 Å². The first-order valence-electron chi connectivity index (χ1n) is 10.1. The Morgan fingerprint density at radius 3 is 2.39 bits per heavy atom. The quantitative estimate of drug-likeness (QED) is 0.673. The van der Waals surface area contributed by atoms with Crippen molar-refractivity contribution in [1.29, 1.82) is 0 Å². The number of likely N-dealkylation sites (N-methyl/N-ethyl adjacent to an activating group) is 1. The van der Waals surface area contributed by atoms with Gasteiger partial charge in [-0.2, -0.15) is 4.31 Å². The molecule has 2 aromatic rings. The zero-order chi connectivity index (χ0) is 22.6. The van der Waals surface area contributed by atoms with Crippen LogP contribution in [-0.4, -0.2) is 45.4 Å². The Labute approximate surface area is 188 Å². The summed E-state index contributed by atoms with van der Waals surface area (Å²) in [5.74, 6) is 1.01. The van der Waals surface area contributed by atoms with E-state index in [1.165, 1.54) is 31.3 Å². The van der Waals surface area contributed by atoms with Gasteiger partial charge in [0, 0.05) is 18.5 Å². The summed E-state index contributed by atoms with van der Waals surface area (Å²) >= 11 is 5.83. The summed E-state index contributed by atoms with van der Waals surface area (Å²) in [5.41, 5.74) is 0.871. The molecular formula is C22H27ClN2O5S. The van der Waals surface area contributed by atoms with Crippen LogP contribution < -0.4 is 14.8 Å². The normalized spacial score (nSPS) is 14.9. The van der Waals surface area contributed by atoms with Gasteiger partial charge in [-0.05, 0) is 47.9 Å². The lowest BCUT2D eigenvalue weighted by atomic mass is 9.95. The number of ether oxygens (including phenoxy) is 2. The molecule has 1 aliphatic heterocycles. The van der Waals surface area contributed by atoms with Crippen molar-refractivity contribution in [3.63, 3.8) is 0 Å². The molecule has 0 aliphatic carbocycles. The minimum Gasteiger partial charge on any atom is -0.490 e. The lowest BCUT2D eigenvalue weighted by Crippen LogP contribution is -2.41. The molecule has 0 spiro atoms. The second-order valence-corrected chi connectivity index (χ2v) is 10.2. The maximum Gasteiger partial charge on any atom is 0.243 e. The molecule has 1 atom stereocenters. The first-order valence-corrected chi connectivity index (χ1v) is 11.9. The third kappa shape index (κ3) is 5.70. The molecule has 3 rings (SSSR count). The molecule has 0 radical (unpaired) electrons. The fourth-order valence-corrected chi connectivity index (χ4v) is 4.55. The van der Waals surface area contributed by atoms with Crippen LogP contribution in [0.3, 0.4) is 0 Å². The van der Waals surface area contributed by atoms with Gasteiger partial charge in [0.15, 0.2) is 11.5 Å². The Kier molecular flexibility index (Phi) is 7.46. The van der Waals surface area contributed by atoms with Crippen molar-refractivity contribution in [3.05, 3.63) is 53.1 Å². The van der Waals surface area contributed by atoms with Crippen molar-refractivity contribution in [1.82, 2.24) is 9.62 Å². The number of halogens is 1. The molecule has 168 valence electrons. The molecule has 2 aromatic carbocycles. The SMILES string of the molecule is CC(C)C(NC(=O)CN(C)S(=O)(=O)c1ccc(Cl)cc1)c1ccc2c(c1)OCCCO2. The Bertz CT molecular complexity index is 1020. The van der Waals surface area contributed by atoms with E-state index in [0.717, 1.165) is 16.3 Å². The number of fused-ring (bicyclic) bond motifs is 1. The standard InChI is InChI=1S/C22H27ClN2O5S/c1-15(2)22(16-5-10-19-20(13-16)30-12-4-11-29-19)24-21(26)14-25(3)31(27,28)18-8-6-17(23)7-9-18/h5-10,13,15,22H,4,11-12,14H2,1-3H3,(H,24,26). The van der Waals surface area contributed by atoms with Crippen LogP contribution >= 0.6 is 11.6 Å². The number of carbonyl (C=O) groups excluding carboxylic acids is 1. The Morgan fingerprint density at radius 1 is 1.10 bits per heavy atom. The van der Waals surface area contributed by atoms with Crippen LogP contribution in [-0.2, 0) is 14.8 Å². The van der Waals surface area contributed by atoms with E-state index in [4.69, 9.17) is 21.1 Å². The van der Waals surface area contributed by atoms with Gasteiger partial charge in [-0.25, -0.2) is 8.42 Å². The van der Waals surface area contributed by atoms with Crippen LogP contribution in [0.2, 0.25) is 5.02 Å². The van der Waals surface area contributed by atoms with Crippen molar-refractivity contribution in [2.75, 3.05) is 26.8 Å². The van der Waals surface area contributed by atoms with E-state index in [-0.39, 0.29) is 23.4 Å². The molecular weight excluding hydrogens is 440 g/mol. The summed E-state index contributed by atoms with van der Waals surface area (Å²) in [6, 6.07) is 11.1. The maximum atomic E-state index is 12.7. The molecule has 7 nitrogen and oxygen atoms in total. The summed E-state index contributed by atoms with van der Waals surface area (Å²) in [6.45, 7) is 4.84. The number of nitrogens with one attached hydrogen (secondary N) is 1. The molecule has 1 unspecified atom stereocenters. The predicted molar refractivity (Wildman–Crippen MR) is 119 cm³/mol. The van der Waals surface area contributed by atoms with Crippen molar-refractivity contribution in [3.8, 4) is 11.5 Å². The number of hydrogen-bond acceptors (Lipinski definition) is 5. The van der Waals surface area contributed by atoms with Crippen LogP contribution in [0.15, 0.2) is 47.4 Å². The summed E-state index contributed by atoms with van der Waals surface area (Å²) in [5, 5.41) is 3.40. The minimum absolute atomic E-state index is 0.0758. The van der Waals surface area contributed by atoms with E-state index in [1.54, 1.807) is 0 Å². The molecule has 1 aliphatic rings. The number of rotatable bonds is 7. The fourth-order valence-electron chi connectivity index (χ4n) is 3.30. The van der Waals surface area contributed by atoms with Gasteiger partial charge in [-0.1, -0.05) is 31.5 Å². The Hall–Kier alpha value is -2.29. The van der Waals surface area contributed by atoms with Crippen LogP contribution in [0.4, 0.5) is 0 Å². The zero-order valence-corrected chi connectivity index (χ0v) is 19.4. The number of benzene rings is 2. The van der Waals surface area contributed by atoms with Gasteiger partial charge in [0.2, 0.25) is 15.9 Å². The summed E-state index contributed by atoms with van der Waals surface area (Å²) in [4.78, 5) is 12.8. The molecule has 0 saturated heterocycles. The van der Waals surface area contributed by atoms with Crippen molar-refractivity contribution in [2.45, 2.75) is 31.2 Å². The zero-order valence-electron chi connectivity index (χ0n) is 17.8. The van der Waals surface area contributed by atoms with E-state index in [9.17, 15) is 13.2 Å². The van der Waals surface area contributed by atoms with Gasteiger partial charge in [0.25, 0.3) is 0 Å². The van der Waals surface area contributed by atoms with Gasteiger partial charge in [-0.15, -0.1) is 0 Å². The lowest BCUT2D eigenvalue weighted by molar-refractivity contribution is -0.122. The fraction of sp³-hybridized carbons (Fsp3) is 0.409. The number of nitrogens with zero attached hydrogens (tertiary/aromatic N) is 1. The van der Waals surface area contributed by atoms with Crippen LogP contribution in [0, 0.1) is 5.92 Å². The maximum absolute atomic E-state index is 12.7. The number of carbonyl (C=O) groups is 1. The first kappa shape index (κ1) is 23.4. The first-order chi connectivity index (χ1) is 14.7. The Morgan fingerprint density at radius 2 is 1.74 bits per heavy atom.